The van der Waals surface area contributed by atoms with Crippen LogP contribution in [0.1, 0.15) is 16.1 Å². The van der Waals surface area contributed by atoms with Gasteiger partial charge in [-0.3, -0.25) is 15.5 Å². The Bertz CT molecular complexity index is 952. The Morgan fingerprint density at radius 1 is 1.15 bits per heavy atom. The van der Waals surface area contributed by atoms with E-state index in [0.717, 1.165) is 5.39 Å². The number of ether oxygens (including phenoxy) is 2. The van der Waals surface area contributed by atoms with Gasteiger partial charge in [0.1, 0.15) is 28.7 Å². The lowest BCUT2D eigenvalue weighted by Crippen LogP contribution is -2.27. The molecule has 1 heterocycles. The van der Waals surface area contributed by atoms with Crippen molar-refractivity contribution in [1.29, 1.82) is 0 Å². The van der Waals surface area contributed by atoms with Gasteiger partial charge in [0.05, 0.1) is 13.7 Å². The molecule has 0 saturated heterocycles. The number of rotatable bonds is 7. The molecule has 1 amide bonds. The van der Waals surface area contributed by atoms with E-state index in [1.807, 2.05) is 5.48 Å². The van der Waals surface area contributed by atoms with E-state index in [4.69, 9.17) is 31.3 Å². The minimum absolute atomic E-state index is 0.229. The molecule has 0 radical (unpaired) electrons. The number of benzene rings is 2. The maximum Gasteiger partial charge on any atom is 0.287 e. The Morgan fingerprint density at radius 3 is 2.59 bits per heavy atom. The summed E-state index contributed by atoms with van der Waals surface area (Å²) in [5.41, 5.74) is 3.22. The van der Waals surface area contributed by atoms with Gasteiger partial charge in [-0.25, -0.2) is 0 Å². The van der Waals surface area contributed by atoms with Crippen LogP contribution >= 0.6 is 12.2 Å². The molecule has 0 saturated carbocycles. The summed E-state index contributed by atoms with van der Waals surface area (Å²) >= 11 is 4.92. The Balaban J connectivity index is 1.50. The molecule has 3 N–H and O–H groups in total. The standard InChI is InChI=1S/C19H18N2O5S/c1-24-15-6-7-16-13(10-15)11-17(26-16)18(22)20-8-9-25-14-4-2-12(3-5-14)19(27)21-23/h2-7,10-11,23H,8-9H2,1H3,(H,20,22)(H,21,27). The van der Waals surface area contributed by atoms with Crippen LogP contribution in [-0.4, -0.2) is 36.4 Å². The lowest BCUT2D eigenvalue weighted by molar-refractivity contribution is 0.0921. The van der Waals surface area contributed by atoms with Gasteiger partial charge in [-0.15, -0.1) is 0 Å². The Labute approximate surface area is 160 Å². The van der Waals surface area contributed by atoms with E-state index in [0.29, 0.717) is 35.8 Å². The topological polar surface area (TPSA) is 93.0 Å². The van der Waals surface area contributed by atoms with Crippen molar-refractivity contribution in [2.45, 2.75) is 0 Å². The van der Waals surface area contributed by atoms with Crippen LogP contribution in [0.4, 0.5) is 0 Å². The highest BCUT2D eigenvalue weighted by Crippen LogP contribution is 2.24. The Kier molecular flexibility index (Phi) is 5.90. The summed E-state index contributed by atoms with van der Waals surface area (Å²) in [6.45, 7) is 0.611. The first-order valence-electron chi connectivity index (χ1n) is 8.14. The number of carbonyl (C=O) groups is 1. The van der Waals surface area contributed by atoms with Crippen molar-refractivity contribution in [3.63, 3.8) is 0 Å². The van der Waals surface area contributed by atoms with Crippen LogP contribution in [0, 0.1) is 0 Å². The number of hydroxylamine groups is 1. The highest BCUT2D eigenvalue weighted by Gasteiger charge is 2.12. The fourth-order valence-corrected chi connectivity index (χ4v) is 2.58. The van der Waals surface area contributed by atoms with Crippen LogP contribution in [0.3, 0.4) is 0 Å². The molecule has 0 aliphatic carbocycles. The van der Waals surface area contributed by atoms with Gasteiger partial charge >= 0.3 is 0 Å². The van der Waals surface area contributed by atoms with E-state index in [1.165, 1.54) is 0 Å². The quantitative estimate of drug-likeness (QED) is 0.327. The monoisotopic (exact) mass is 386 g/mol. The fourth-order valence-electron chi connectivity index (χ4n) is 2.45. The summed E-state index contributed by atoms with van der Waals surface area (Å²) in [4.78, 5) is 12.4. The second-order valence-electron chi connectivity index (χ2n) is 5.58. The highest BCUT2D eigenvalue weighted by molar-refractivity contribution is 7.80. The molecule has 3 aromatic rings. The van der Waals surface area contributed by atoms with Gasteiger partial charge < -0.3 is 19.2 Å². The maximum atomic E-state index is 12.2. The molecular weight excluding hydrogens is 368 g/mol. The summed E-state index contributed by atoms with van der Waals surface area (Å²) in [6.07, 6.45) is 0. The molecular formula is C19H18N2O5S. The lowest BCUT2D eigenvalue weighted by atomic mass is 10.2. The zero-order valence-corrected chi connectivity index (χ0v) is 15.3. The number of methoxy groups -OCH3 is 1. The molecule has 2 aromatic carbocycles. The number of amides is 1. The van der Waals surface area contributed by atoms with E-state index in [2.05, 4.69) is 5.32 Å². The van der Waals surface area contributed by atoms with Crippen LogP contribution < -0.4 is 20.3 Å². The van der Waals surface area contributed by atoms with Crippen LogP contribution in [-0.2, 0) is 0 Å². The first kappa shape index (κ1) is 18.7. The average molecular weight is 386 g/mol. The van der Waals surface area contributed by atoms with Gasteiger partial charge in [0.15, 0.2) is 5.76 Å². The van der Waals surface area contributed by atoms with E-state index in [-0.39, 0.29) is 16.7 Å². The first-order valence-corrected chi connectivity index (χ1v) is 8.54. The maximum absolute atomic E-state index is 12.2. The average Bonchev–Trinajstić information content (AvgIpc) is 3.14. The molecule has 1 aromatic heterocycles. The normalized spacial score (nSPS) is 10.4. The molecule has 0 spiro atoms. The number of fused-ring (bicyclic) bond motifs is 1. The third-order valence-corrected chi connectivity index (χ3v) is 4.15. The summed E-state index contributed by atoms with van der Waals surface area (Å²) < 4.78 is 16.3. The van der Waals surface area contributed by atoms with Crippen molar-refractivity contribution in [2.75, 3.05) is 20.3 Å². The van der Waals surface area contributed by atoms with Gasteiger partial charge in [-0.2, -0.15) is 0 Å². The van der Waals surface area contributed by atoms with Crippen LogP contribution in [0.2, 0.25) is 0 Å². The molecule has 0 unspecified atom stereocenters. The van der Waals surface area contributed by atoms with Crippen LogP contribution in [0.15, 0.2) is 52.9 Å². The first-order chi connectivity index (χ1) is 13.1. The van der Waals surface area contributed by atoms with E-state index < -0.39 is 0 Å². The smallest absolute Gasteiger partial charge is 0.287 e. The molecule has 27 heavy (non-hydrogen) atoms. The largest absolute Gasteiger partial charge is 0.497 e. The number of hydrogen-bond donors (Lipinski definition) is 3. The van der Waals surface area contributed by atoms with Crippen LogP contribution in [0.5, 0.6) is 11.5 Å². The fraction of sp³-hybridized carbons (Fsp3) is 0.158. The molecule has 3 rings (SSSR count). The number of furan rings is 1. The Hall–Kier alpha value is -3.10. The van der Waals surface area contributed by atoms with Crippen molar-refractivity contribution in [3.05, 3.63) is 59.9 Å². The molecule has 0 aliphatic rings. The highest BCUT2D eigenvalue weighted by atomic mass is 32.1. The second kappa shape index (κ2) is 8.52. The van der Waals surface area contributed by atoms with Gasteiger partial charge in [-0.05, 0) is 48.5 Å². The SMILES string of the molecule is COc1ccc2oc(C(=O)NCCOc3ccc(C(=S)NO)cc3)cc2c1. The molecule has 7 nitrogen and oxygen atoms in total. The summed E-state index contributed by atoms with van der Waals surface area (Å²) in [5.74, 6) is 1.24. The zero-order valence-electron chi connectivity index (χ0n) is 14.5. The summed E-state index contributed by atoms with van der Waals surface area (Å²) in [7, 11) is 1.58. The molecule has 0 fully saturated rings. The van der Waals surface area contributed by atoms with Crippen molar-refractivity contribution in [1.82, 2.24) is 10.8 Å². The third kappa shape index (κ3) is 4.55. The van der Waals surface area contributed by atoms with E-state index in [1.54, 1.807) is 55.6 Å². The minimum Gasteiger partial charge on any atom is -0.497 e. The second-order valence-corrected chi connectivity index (χ2v) is 5.99. The van der Waals surface area contributed by atoms with Crippen molar-refractivity contribution < 1.29 is 23.9 Å². The molecule has 0 bridgehead atoms. The summed E-state index contributed by atoms with van der Waals surface area (Å²) in [5, 5.41) is 12.3. The number of nitrogens with one attached hydrogen (secondary N) is 2. The number of carbonyl (C=O) groups excluding carboxylic acids is 1. The van der Waals surface area contributed by atoms with Gasteiger partial charge in [0, 0.05) is 10.9 Å². The third-order valence-electron chi connectivity index (χ3n) is 3.82. The van der Waals surface area contributed by atoms with Crippen molar-refractivity contribution >= 4 is 34.1 Å². The van der Waals surface area contributed by atoms with Crippen molar-refractivity contribution in [3.8, 4) is 11.5 Å². The van der Waals surface area contributed by atoms with Gasteiger partial charge in [0.25, 0.3) is 5.91 Å². The Morgan fingerprint density at radius 2 is 1.89 bits per heavy atom. The van der Waals surface area contributed by atoms with Gasteiger partial charge in [0.2, 0.25) is 0 Å². The molecule has 0 atom stereocenters. The van der Waals surface area contributed by atoms with Crippen LogP contribution in [0.25, 0.3) is 11.0 Å². The minimum atomic E-state index is -0.316. The lowest BCUT2D eigenvalue weighted by Gasteiger charge is -2.08. The number of hydrogen-bond acceptors (Lipinski definition) is 6. The number of thiocarbonyl (C=S) groups is 1. The summed E-state index contributed by atoms with van der Waals surface area (Å²) in [6, 6.07) is 13.9. The van der Waals surface area contributed by atoms with Gasteiger partial charge in [-0.1, -0.05) is 12.2 Å². The predicted molar refractivity (Wildman–Crippen MR) is 104 cm³/mol. The molecule has 8 heteroatoms. The van der Waals surface area contributed by atoms with E-state index in [9.17, 15) is 4.79 Å². The molecule has 0 aliphatic heterocycles. The molecule has 140 valence electrons. The van der Waals surface area contributed by atoms with Crippen molar-refractivity contribution in [2.24, 2.45) is 0 Å². The predicted octanol–water partition coefficient (Wildman–Crippen LogP) is 2.90. The zero-order chi connectivity index (χ0) is 19.2. The van der Waals surface area contributed by atoms with E-state index >= 15 is 0 Å².